The molecule has 0 amide bonds. The van der Waals surface area contributed by atoms with E-state index in [1.807, 2.05) is 20.8 Å². The Balaban J connectivity index is 2.15. The third-order valence-electron chi connectivity index (χ3n) is 4.00. The maximum absolute atomic E-state index is 13.8. The largest absolute Gasteiger partial charge is 0.392 e. The molecule has 4 nitrogen and oxygen atoms in total. The second-order valence-electron chi connectivity index (χ2n) is 5.85. The molecule has 0 saturated heterocycles. The molecular formula is C14H21F2N3O. The van der Waals surface area contributed by atoms with Gasteiger partial charge in [0, 0.05) is 24.1 Å². The predicted octanol–water partition coefficient (Wildman–Crippen LogP) is 2.75. The molecule has 0 aliphatic heterocycles. The van der Waals surface area contributed by atoms with Crippen molar-refractivity contribution in [3.05, 3.63) is 17.7 Å². The van der Waals surface area contributed by atoms with Crippen LogP contribution in [0.5, 0.6) is 0 Å². The molecular weight excluding hydrogens is 264 g/mol. The second kappa shape index (κ2) is 5.52. The van der Waals surface area contributed by atoms with Crippen molar-refractivity contribution in [2.75, 3.05) is 17.2 Å². The van der Waals surface area contributed by atoms with Crippen LogP contribution in [0.2, 0.25) is 0 Å². The number of nitrogens with one attached hydrogen (secondary N) is 2. The first-order valence-corrected chi connectivity index (χ1v) is 6.90. The van der Waals surface area contributed by atoms with Gasteiger partial charge >= 0.3 is 0 Å². The van der Waals surface area contributed by atoms with E-state index in [1.54, 1.807) is 0 Å². The van der Waals surface area contributed by atoms with Gasteiger partial charge in [0.1, 0.15) is 0 Å². The molecule has 1 aliphatic rings. The Bertz CT molecular complexity index is 494. The Hall–Kier alpha value is -1.43. The molecule has 0 radical (unpaired) electrons. The van der Waals surface area contributed by atoms with Gasteiger partial charge in [0.2, 0.25) is 0 Å². The molecule has 2 unspecified atom stereocenters. The van der Waals surface area contributed by atoms with E-state index in [9.17, 15) is 13.9 Å². The van der Waals surface area contributed by atoms with Crippen molar-refractivity contribution in [2.24, 2.45) is 5.41 Å². The monoisotopic (exact) mass is 285 g/mol. The van der Waals surface area contributed by atoms with Crippen LogP contribution in [0.15, 0.2) is 6.07 Å². The number of anilines is 2. The SMILES string of the molecule is CCCNc1nc(NC2CC(O)C2(C)C)c(F)cc1F. The Kier molecular flexibility index (Phi) is 4.13. The van der Waals surface area contributed by atoms with Crippen molar-refractivity contribution < 1.29 is 13.9 Å². The third kappa shape index (κ3) is 2.70. The van der Waals surface area contributed by atoms with Crippen molar-refractivity contribution in [3.63, 3.8) is 0 Å². The summed E-state index contributed by atoms with van der Waals surface area (Å²) in [6.45, 7) is 6.32. The van der Waals surface area contributed by atoms with Crippen LogP contribution in [0.4, 0.5) is 20.4 Å². The van der Waals surface area contributed by atoms with Gasteiger partial charge < -0.3 is 15.7 Å². The van der Waals surface area contributed by atoms with E-state index in [0.29, 0.717) is 13.0 Å². The fraction of sp³-hybridized carbons (Fsp3) is 0.643. The minimum Gasteiger partial charge on any atom is -0.392 e. The topological polar surface area (TPSA) is 57.2 Å². The number of hydrogen-bond acceptors (Lipinski definition) is 4. The van der Waals surface area contributed by atoms with Gasteiger partial charge in [0.05, 0.1) is 6.10 Å². The van der Waals surface area contributed by atoms with E-state index in [-0.39, 0.29) is 23.1 Å². The van der Waals surface area contributed by atoms with Crippen LogP contribution >= 0.6 is 0 Å². The lowest BCUT2D eigenvalue weighted by Gasteiger charge is -2.49. The number of hydrogen-bond donors (Lipinski definition) is 3. The summed E-state index contributed by atoms with van der Waals surface area (Å²) in [5.41, 5.74) is -0.348. The molecule has 0 aromatic carbocycles. The smallest absolute Gasteiger partial charge is 0.168 e. The number of rotatable bonds is 5. The van der Waals surface area contributed by atoms with Gasteiger partial charge in [-0.3, -0.25) is 0 Å². The lowest BCUT2D eigenvalue weighted by atomic mass is 9.64. The predicted molar refractivity (Wildman–Crippen MR) is 74.7 cm³/mol. The molecule has 3 N–H and O–H groups in total. The first kappa shape index (κ1) is 15.0. The summed E-state index contributed by atoms with van der Waals surface area (Å²) in [6, 6.07) is 0.749. The Morgan fingerprint density at radius 1 is 1.35 bits per heavy atom. The molecule has 1 aliphatic carbocycles. The molecule has 1 aromatic heterocycles. The zero-order valence-electron chi connectivity index (χ0n) is 12.0. The first-order valence-electron chi connectivity index (χ1n) is 6.90. The van der Waals surface area contributed by atoms with Gasteiger partial charge in [0.25, 0.3) is 0 Å². The number of aromatic nitrogens is 1. The number of pyridine rings is 1. The molecule has 2 rings (SSSR count). The van der Waals surface area contributed by atoms with Crippen molar-refractivity contribution in [1.29, 1.82) is 0 Å². The number of aliphatic hydroxyl groups is 1. The average molecular weight is 285 g/mol. The molecule has 112 valence electrons. The maximum Gasteiger partial charge on any atom is 0.168 e. The van der Waals surface area contributed by atoms with Crippen LogP contribution in [0, 0.1) is 17.0 Å². The second-order valence-corrected chi connectivity index (χ2v) is 5.85. The fourth-order valence-electron chi connectivity index (χ4n) is 2.25. The van der Waals surface area contributed by atoms with Crippen molar-refractivity contribution in [1.82, 2.24) is 4.98 Å². The lowest BCUT2D eigenvalue weighted by molar-refractivity contribution is -0.0512. The number of halogens is 2. The number of aliphatic hydroxyl groups excluding tert-OH is 1. The summed E-state index contributed by atoms with van der Waals surface area (Å²) in [5.74, 6) is -1.35. The zero-order valence-corrected chi connectivity index (χ0v) is 12.0. The third-order valence-corrected chi connectivity index (χ3v) is 4.00. The van der Waals surface area contributed by atoms with Crippen LogP contribution in [0.1, 0.15) is 33.6 Å². The molecule has 1 heterocycles. The molecule has 1 saturated carbocycles. The van der Waals surface area contributed by atoms with Gasteiger partial charge in [-0.05, 0) is 12.8 Å². The van der Waals surface area contributed by atoms with Crippen LogP contribution in [0.3, 0.4) is 0 Å². The molecule has 1 aromatic rings. The quantitative estimate of drug-likeness (QED) is 0.778. The lowest BCUT2D eigenvalue weighted by Crippen LogP contribution is -2.57. The highest BCUT2D eigenvalue weighted by molar-refractivity contribution is 5.48. The molecule has 2 atom stereocenters. The van der Waals surface area contributed by atoms with Crippen molar-refractivity contribution in [3.8, 4) is 0 Å². The molecule has 20 heavy (non-hydrogen) atoms. The van der Waals surface area contributed by atoms with Crippen molar-refractivity contribution >= 4 is 11.6 Å². The Morgan fingerprint density at radius 2 is 2.00 bits per heavy atom. The molecule has 1 fully saturated rings. The van der Waals surface area contributed by atoms with E-state index in [0.717, 1.165) is 12.5 Å². The Morgan fingerprint density at radius 3 is 2.55 bits per heavy atom. The summed E-state index contributed by atoms with van der Waals surface area (Å²) in [4.78, 5) is 3.97. The van der Waals surface area contributed by atoms with Gasteiger partial charge in [-0.25, -0.2) is 13.8 Å². The van der Waals surface area contributed by atoms with Crippen LogP contribution in [-0.2, 0) is 0 Å². The normalized spacial score (nSPS) is 24.1. The van der Waals surface area contributed by atoms with Crippen LogP contribution in [-0.4, -0.2) is 28.8 Å². The van der Waals surface area contributed by atoms with Gasteiger partial charge in [0.15, 0.2) is 23.3 Å². The summed E-state index contributed by atoms with van der Waals surface area (Å²) in [6.07, 6.45) is 0.938. The molecule has 0 bridgehead atoms. The fourth-order valence-corrected chi connectivity index (χ4v) is 2.25. The van der Waals surface area contributed by atoms with E-state index in [1.165, 1.54) is 0 Å². The molecule has 6 heteroatoms. The first-order chi connectivity index (χ1) is 9.36. The zero-order chi connectivity index (χ0) is 14.9. The highest BCUT2D eigenvalue weighted by Gasteiger charge is 2.47. The van der Waals surface area contributed by atoms with E-state index >= 15 is 0 Å². The molecule has 0 spiro atoms. The highest BCUT2D eigenvalue weighted by atomic mass is 19.1. The minimum atomic E-state index is -0.721. The summed E-state index contributed by atoms with van der Waals surface area (Å²) in [5, 5.41) is 15.5. The van der Waals surface area contributed by atoms with Crippen LogP contribution < -0.4 is 10.6 Å². The Labute approximate surface area is 117 Å². The summed E-state index contributed by atoms with van der Waals surface area (Å²) < 4.78 is 27.3. The van der Waals surface area contributed by atoms with E-state index in [4.69, 9.17) is 0 Å². The summed E-state index contributed by atoms with van der Waals surface area (Å²) in [7, 11) is 0. The maximum atomic E-state index is 13.8. The van der Waals surface area contributed by atoms with Crippen molar-refractivity contribution in [2.45, 2.75) is 45.8 Å². The highest BCUT2D eigenvalue weighted by Crippen LogP contribution is 2.42. The van der Waals surface area contributed by atoms with E-state index < -0.39 is 17.7 Å². The average Bonchev–Trinajstić information content (AvgIpc) is 2.39. The minimum absolute atomic E-state index is 0.0231. The van der Waals surface area contributed by atoms with Gasteiger partial charge in [-0.2, -0.15) is 0 Å². The van der Waals surface area contributed by atoms with Gasteiger partial charge in [-0.1, -0.05) is 20.8 Å². The van der Waals surface area contributed by atoms with Crippen LogP contribution in [0.25, 0.3) is 0 Å². The number of nitrogens with zero attached hydrogens (tertiary/aromatic N) is 1. The standard InChI is InChI=1S/C14H21F2N3O/c1-4-5-17-12-8(15)6-9(16)13(19-12)18-10-7-11(20)14(10,2)3/h6,10-11,20H,4-5,7H2,1-3H3,(H2,17,18,19). The van der Waals surface area contributed by atoms with Gasteiger partial charge in [-0.15, -0.1) is 0 Å². The van der Waals surface area contributed by atoms with E-state index in [2.05, 4.69) is 15.6 Å². The summed E-state index contributed by atoms with van der Waals surface area (Å²) >= 11 is 0.